The van der Waals surface area contributed by atoms with Gasteiger partial charge in [-0.2, -0.15) is 0 Å². The first-order chi connectivity index (χ1) is 10.7. The highest BCUT2D eigenvalue weighted by Crippen LogP contribution is 2.13. The molecule has 0 spiro atoms. The summed E-state index contributed by atoms with van der Waals surface area (Å²) in [6.45, 7) is 2.37. The predicted octanol–water partition coefficient (Wildman–Crippen LogP) is 3.59. The highest BCUT2D eigenvalue weighted by Gasteiger charge is 2.19. The van der Waals surface area contributed by atoms with Gasteiger partial charge in [-0.1, -0.05) is 25.5 Å². The standard InChI is InChI=1S/C17H18O5/c1-2-3-10-21-16(18)14-8-4-5-9-15(14)17(19)22-12-13-7-6-11-20-13/h4-9,11H,2-3,10,12H2,1H3. The van der Waals surface area contributed by atoms with Crippen molar-refractivity contribution >= 4 is 11.9 Å². The third kappa shape index (κ3) is 4.22. The van der Waals surface area contributed by atoms with Crippen LogP contribution in [0.2, 0.25) is 0 Å². The Labute approximate surface area is 128 Å². The van der Waals surface area contributed by atoms with Crippen LogP contribution < -0.4 is 0 Å². The van der Waals surface area contributed by atoms with Crippen molar-refractivity contribution in [3.8, 4) is 0 Å². The molecule has 0 saturated heterocycles. The maximum atomic E-state index is 12.1. The smallest absolute Gasteiger partial charge is 0.339 e. The number of benzene rings is 1. The fourth-order valence-electron chi connectivity index (χ4n) is 1.84. The van der Waals surface area contributed by atoms with Crippen LogP contribution in [0.25, 0.3) is 0 Å². The van der Waals surface area contributed by atoms with E-state index in [1.165, 1.54) is 6.26 Å². The Morgan fingerprint density at radius 3 is 2.27 bits per heavy atom. The Balaban J connectivity index is 2.03. The summed E-state index contributed by atoms with van der Waals surface area (Å²) in [5.74, 6) is -0.560. The van der Waals surface area contributed by atoms with Gasteiger partial charge in [0, 0.05) is 0 Å². The summed E-state index contributed by atoms with van der Waals surface area (Å²) in [7, 11) is 0. The van der Waals surface area contributed by atoms with Gasteiger partial charge in [0.25, 0.3) is 0 Å². The molecule has 0 amide bonds. The van der Waals surface area contributed by atoms with Gasteiger partial charge < -0.3 is 13.9 Å². The molecule has 5 nitrogen and oxygen atoms in total. The summed E-state index contributed by atoms with van der Waals surface area (Å²) in [5, 5.41) is 0. The largest absolute Gasteiger partial charge is 0.466 e. The fraction of sp³-hybridized carbons (Fsp3) is 0.294. The molecule has 2 rings (SSSR count). The summed E-state index contributed by atoms with van der Waals surface area (Å²) in [6.07, 6.45) is 3.22. The topological polar surface area (TPSA) is 65.7 Å². The van der Waals surface area contributed by atoms with E-state index in [4.69, 9.17) is 13.9 Å². The van der Waals surface area contributed by atoms with Crippen LogP contribution in [0, 0.1) is 0 Å². The summed E-state index contributed by atoms with van der Waals surface area (Å²) < 4.78 is 15.4. The summed E-state index contributed by atoms with van der Waals surface area (Å²) in [5.41, 5.74) is 0.401. The second kappa shape index (κ2) is 8.02. The lowest BCUT2D eigenvalue weighted by atomic mass is 10.1. The molecule has 0 aliphatic carbocycles. The van der Waals surface area contributed by atoms with Gasteiger partial charge in [-0.05, 0) is 30.7 Å². The van der Waals surface area contributed by atoms with Gasteiger partial charge in [-0.15, -0.1) is 0 Å². The van der Waals surface area contributed by atoms with E-state index in [1.54, 1.807) is 36.4 Å². The van der Waals surface area contributed by atoms with Crippen molar-refractivity contribution in [2.75, 3.05) is 6.61 Å². The summed E-state index contributed by atoms with van der Waals surface area (Å²) >= 11 is 0. The zero-order valence-corrected chi connectivity index (χ0v) is 12.4. The molecule has 0 atom stereocenters. The number of esters is 2. The lowest BCUT2D eigenvalue weighted by Gasteiger charge is -2.09. The monoisotopic (exact) mass is 302 g/mol. The third-order valence-corrected chi connectivity index (χ3v) is 3.02. The van der Waals surface area contributed by atoms with Crippen molar-refractivity contribution < 1.29 is 23.5 Å². The molecule has 2 aromatic rings. The normalized spacial score (nSPS) is 10.2. The number of unbranched alkanes of at least 4 members (excludes halogenated alkanes) is 1. The quantitative estimate of drug-likeness (QED) is 0.577. The molecular weight excluding hydrogens is 284 g/mol. The van der Waals surface area contributed by atoms with Gasteiger partial charge in [0.15, 0.2) is 0 Å². The Hall–Kier alpha value is -2.56. The number of carbonyl (C=O) groups is 2. The van der Waals surface area contributed by atoms with Gasteiger partial charge in [-0.25, -0.2) is 9.59 Å². The summed E-state index contributed by atoms with van der Waals surface area (Å²) in [4.78, 5) is 24.2. The van der Waals surface area contributed by atoms with Gasteiger partial charge in [0.2, 0.25) is 0 Å². The fourth-order valence-corrected chi connectivity index (χ4v) is 1.84. The van der Waals surface area contributed by atoms with Crippen molar-refractivity contribution in [3.05, 3.63) is 59.5 Å². The van der Waals surface area contributed by atoms with Gasteiger partial charge in [0.1, 0.15) is 12.4 Å². The van der Waals surface area contributed by atoms with Crippen LogP contribution in [0.1, 0.15) is 46.2 Å². The van der Waals surface area contributed by atoms with E-state index in [1.807, 2.05) is 6.92 Å². The van der Waals surface area contributed by atoms with Gasteiger partial charge in [-0.3, -0.25) is 0 Å². The minimum atomic E-state index is -0.584. The summed E-state index contributed by atoms with van der Waals surface area (Å²) in [6, 6.07) is 9.87. The maximum Gasteiger partial charge on any atom is 0.339 e. The van der Waals surface area contributed by atoms with Crippen LogP contribution in [-0.4, -0.2) is 18.5 Å². The number of ether oxygens (including phenoxy) is 2. The molecule has 116 valence electrons. The minimum Gasteiger partial charge on any atom is -0.466 e. The SMILES string of the molecule is CCCCOC(=O)c1ccccc1C(=O)OCc1ccco1. The van der Waals surface area contributed by atoms with E-state index in [-0.39, 0.29) is 17.7 Å². The first kappa shape index (κ1) is 15.8. The lowest BCUT2D eigenvalue weighted by Crippen LogP contribution is -2.14. The van der Waals surface area contributed by atoms with E-state index in [9.17, 15) is 9.59 Å². The Morgan fingerprint density at radius 2 is 1.68 bits per heavy atom. The van der Waals surface area contributed by atoms with E-state index in [2.05, 4.69) is 0 Å². The first-order valence-electron chi connectivity index (χ1n) is 7.18. The predicted molar refractivity (Wildman–Crippen MR) is 79.5 cm³/mol. The average Bonchev–Trinajstić information content (AvgIpc) is 3.06. The van der Waals surface area contributed by atoms with Gasteiger partial charge >= 0.3 is 11.9 Å². The molecule has 0 radical (unpaired) electrons. The van der Waals surface area contributed by atoms with Crippen LogP contribution in [0.3, 0.4) is 0 Å². The number of furan rings is 1. The van der Waals surface area contributed by atoms with Crippen molar-refractivity contribution in [3.63, 3.8) is 0 Å². The van der Waals surface area contributed by atoms with Crippen molar-refractivity contribution in [1.82, 2.24) is 0 Å². The van der Waals surface area contributed by atoms with E-state index in [0.717, 1.165) is 12.8 Å². The van der Waals surface area contributed by atoms with E-state index >= 15 is 0 Å². The van der Waals surface area contributed by atoms with Crippen molar-refractivity contribution in [2.45, 2.75) is 26.4 Å². The lowest BCUT2D eigenvalue weighted by molar-refractivity contribution is 0.0418. The van der Waals surface area contributed by atoms with Crippen LogP contribution >= 0.6 is 0 Å². The Kier molecular flexibility index (Phi) is 5.77. The molecule has 1 aromatic carbocycles. The molecule has 0 bridgehead atoms. The van der Waals surface area contributed by atoms with Crippen LogP contribution in [0.5, 0.6) is 0 Å². The molecule has 1 aromatic heterocycles. The van der Waals surface area contributed by atoms with Crippen LogP contribution in [-0.2, 0) is 16.1 Å². The zero-order valence-electron chi connectivity index (χ0n) is 12.4. The zero-order chi connectivity index (χ0) is 15.8. The van der Waals surface area contributed by atoms with Crippen LogP contribution in [0.4, 0.5) is 0 Å². The number of hydrogen-bond acceptors (Lipinski definition) is 5. The van der Waals surface area contributed by atoms with E-state index < -0.39 is 11.9 Å². The molecule has 0 unspecified atom stereocenters. The minimum absolute atomic E-state index is 0.0189. The molecule has 5 heteroatoms. The van der Waals surface area contributed by atoms with Crippen molar-refractivity contribution in [1.29, 1.82) is 0 Å². The highest BCUT2D eigenvalue weighted by molar-refractivity contribution is 6.03. The highest BCUT2D eigenvalue weighted by atomic mass is 16.5. The van der Waals surface area contributed by atoms with Crippen LogP contribution in [0.15, 0.2) is 47.1 Å². The second-order valence-corrected chi connectivity index (χ2v) is 4.69. The molecular formula is C17H18O5. The molecule has 1 heterocycles. The maximum absolute atomic E-state index is 12.1. The molecule has 0 N–H and O–H groups in total. The number of hydrogen-bond donors (Lipinski definition) is 0. The number of carbonyl (C=O) groups excluding carboxylic acids is 2. The van der Waals surface area contributed by atoms with Gasteiger partial charge in [0.05, 0.1) is 24.0 Å². The molecule has 0 aliphatic rings. The second-order valence-electron chi connectivity index (χ2n) is 4.69. The van der Waals surface area contributed by atoms with E-state index in [0.29, 0.717) is 12.4 Å². The number of rotatable bonds is 7. The molecule has 0 aliphatic heterocycles. The Bertz CT molecular complexity index is 616. The first-order valence-corrected chi connectivity index (χ1v) is 7.18. The molecule has 0 saturated carbocycles. The third-order valence-electron chi connectivity index (χ3n) is 3.02. The molecule has 22 heavy (non-hydrogen) atoms. The van der Waals surface area contributed by atoms with Crippen molar-refractivity contribution in [2.24, 2.45) is 0 Å². The Morgan fingerprint density at radius 1 is 1.00 bits per heavy atom. The average molecular weight is 302 g/mol. The molecule has 0 fully saturated rings.